The maximum Gasteiger partial charge on any atom is 0.446 e. The minimum Gasteiger partial charge on any atom is -0.504 e. The molecular formula is C24H30O13S. The van der Waals surface area contributed by atoms with E-state index in [0.29, 0.717) is 18.4 Å². The van der Waals surface area contributed by atoms with E-state index in [2.05, 4.69) is 4.18 Å². The van der Waals surface area contributed by atoms with Crippen molar-refractivity contribution in [3.8, 4) is 23.0 Å². The van der Waals surface area contributed by atoms with E-state index in [1.165, 1.54) is 24.3 Å². The van der Waals surface area contributed by atoms with Gasteiger partial charge in [0, 0.05) is 0 Å². The number of aliphatic hydroxyl groups excluding tert-OH is 3. The zero-order valence-electron chi connectivity index (χ0n) is 20.4. The molecule has 1 aliphatic heterocycles. The maximum atomic E-state index is 11.5. The molecule has 0 aromatic heterocycles. The highest BCUT2D eigenvalue weighted by molar-refractivity contribution is 7.81. The molecular weight excluding hydrogens is 528 g/mol. The summed E-state index contributed by atoms with van der Waals surface area (Å²) in [7, 11) is -5.02. The Morgan fingerprint density at radius 2 is 1.47 bits per heavy atom. The number of carboxylic acids is 1. The summed E-state index contributed by atoms with van der Waals surface area (Å²) in [6.45, 7) is 3.92. The van der Waals surface area contributed by atoms with Crippen LogP contribution in [0.2, 0.25) is 0 Å². The first kappa shape index (κ1) is 29.4. The standard InChI is InChI=1S/C24H30O13S/c1-11(7-13-3-5-15(25)16(26)9-13)12(2)8-14-4-6-17(18(10-14)37-38(32,33)34)35-24-21(29)19(27)20(28)22(36-24)23(30)31/h3-6,9-12,19-22,24-29H,7-8H2,1-2H3,(H,30,31)(H,32,33,34). The molecule has 1 saturated heterocycles. The van der Waals surface area contributed by atoms with Crippen molar-refractivity contribution in [2.24, 2.45) is 11.8 Å². The Balaban J connectivity index is 1.79. The van der Waals surface area contributed by atoms with Gasteiger partial charge in [0.1, 0.15) is 18.3 Å². The number of ether oxygens (including phenoxy) is 2. The molecule has 1 heterocycles. The number of aliphatic hydroxyl groups is 3. The molecule has 0 aliphatic carbocycles. The molecule has 0 saturated carbocycles. The molecule has 14 heteroatoms. The van der Waals surface area contributed by atoms with E-state index in [9.17, 15) is 48.4 Å². The van der Waals surface area contributed by atoms with Gasteiger partial charge in [-0.15, -0.1) is 0 Å². The van der Waals surface area contributed by atoms with E-state index in [4.69, 9.17) is 9.47 Å². The van der Waals surface area contributed by atoms with Crippen LogP contribution >= 0.6 is 0 Å². The Kier molecular flexibility index (Phi) is 9.07. The zero-order valence-corrected chi connectivity index (χ0v) is 21.2. The molecule has 7 atom stereocenters. The first-order valence-electron chi connectivity index (χ1n) is 11.6. The van der Waals surface area contributed by atoms with Crippen molar-refractivity contribution in [3.63, 3.8) is 0 Å². The Hall–Kier alpha value is -3.14. The highest BCUT2D eigenvalue weighted by atomic mass is 32.3. The summed E-state index contributed by atoms with van der Waals surface area (Å²) in [6.07, 6.45) is -8.59. The summed E-state index contributed by atoms with van der Waals surface area (Å²) in [6, 6.07) is 8.63. The molecule has 38 heavy (non-hydrogen) atoms. The van der Waals surface area contributed by atoms with Crippen LogP contribution in [0.1, 0.15) is 25.0 Å². The van der Waals surface area contributed by atoms with Crippen LogP contribution in [0, 0.1) is 11.8 Å². The van der Waals surface area contributed by atoms with Gasteiger partial charge in [0.15, 0.2) is 29.1 Å². The number of carbonyl (C=O) groups is 1. The highest BCUT2D eigenvalue weighted by Gasteiger charge is 2.48. The lowest BCUT2D eigenvalue weighted by Gasteiger charge is -2.38. The van der Waals surface area contributed by atoms with Crippen LogP contribution in [0.4, 0.5) is 0 Å². The molecule has 2 aromatic rings. The lowest BCUT2D eigenvalue weighted by molar-refractivity contribution is -0.271. The van der Waals surface area contributed by atoms with Gasteiger partial charge in [0.2, 0.25) is 6.29 Å². The van der Waals surface area contributed by atoms with E-state index in [-0.39, 0.29) is 29.1 Å². The Morgan fingerprint density at radius 1 is 0.895 bits per heavy atom. The second-order valence-corrected chi connectivity index (χ2v) is 10.4. The lowest BCUT2D eigenvalue weighted by atomic mass is 9.85. The summed E-state index contributed by atoms with van der Waals surface area (Å²) in [5.41, 5.74) is 1.38. The van der Waals surface area contributed by atoms with Gasteiger partial charge in [-0.2, -0.15) is 8.42 Å². The quantitative estimate of drug-likeness (QED) is 0.157. The molecule has 2 aromatic carbocycles. The van der Waals surface area contributed by atoms with Gasteiger partial charge >= 0.3 is 16.4 Å². The number of phenolic OH excluding ortho intramolecular Hbond substituents is 2. The number of aliphatic carboxylic acids is 1. The van der Waals surface area contributed by atoms with Crippen molar-refractivity contribution < 1.29 is 62.1 Å². The van der Waals surface area contributed by atoms with E-state index in [1.807, 2.05) is 13.8 Å². The monoisotopic (exact) mass is 558 g/mol. The summed E-state index contributed by atoms with van der Waals surface area (Å²) in [4.78, 5) is 11.3. The Morgan fingerprint density at radius 3 is 2.03 bits per heavy atom. The van der Waals surface area contributed by atoms with Crippen LogP contribution in [-0.4, -0.2) is 80.3 Å². The van der Waals surface area contributed by atoms with Crippen molar-refractivity contribution in [2.45, 2.75) is 57.4 Å². The second kappa shape index (κ2) is 11.7. The van der Waals surface area contributed by atoms with Gasteiger partial charge in [-0.3, -0.25) is 4.55 Å². The third-order valence-corrected chi connectivity index (χ3v) is 6.78. The number of carboxylic acid groups (broad SMARTS) is 1. The van der Waals surface area contributed by atoms with Gasteiger partial charge in [-0.05, 0) is 60.1 Å². The fourth-order valence-corrected chi connectivity index (χ4v) is 4.43. The largest absolute Gasteiger partial charge is 0.504 e. The number of benzene rings is 2. The Bertz CT molecular complexity index is 1250. The summed E-state index contributed by atoms with van der Waals surface area (Å²) in [5, 5.41) is 58.4. The van der Waals surface area contributed by atoms with Crippen LogP contribution < -0.4 is 8.92 Å². The summed E-state index contributed by atoms with van der Waals surface area (Å²) < 4.78 is 47.2. The number of aromatic hydroxyl groups is 2. The van der Waals surface area contributed by atoms with Crippen LogP contribution in [0.5, 0.6) is 23.0 Å². The molecule has 1 aliphatic rings. The van der Waals surface area contributed by atoms with Crippen molar-refractivity contribution in [1.29, 1.82) is 0 Å². The first-order valence-corrected chi connectivity index (χ1v) is 12.9. The van der Waals surface area contributed by atoms with Crippen LogP contribution in [0.3, 0.4) is 0 Å². The molecule has 13 nitrogen and oxygen atoms in total. The predicted molar refractivity (Wildman–Crippen MR) is 129 cm³/mol. The van der Waals surface area contributed by atoms with E-state index in [1.54, 1.807) is 12.1 Å². The van der Waals surface area contributed by atoms with E-state index < -0.39 is 52.8 Å². The average Bonchev–Trinajstić information content (AvgIpc) is 2.81. The molecule has 7 unspecified atom stereocenters. The minimum absolute atomic E-state index is 0.0211. The predicted octanol–water partition coefficient (Wildman–Crippen LogP) is 0.608. The second-order valence-electron chi connectivity index (χ2n) is 9.33. The average molecular weight is 559 g/mol. The third kappa shape index (κ3) is 7.24. The molecule has 0 spiro atoms. The molecule has 3 rings (SSSR count). The van der Waals surface area contributed by atoms with Gasteiger partial charge in [0.05, 0.1) is 0 Å². The molecule has 0 bridgehead atoms. The molecule has 1 fully saturated rings. The smallest absolute Gasteiger partial charge is 0.446 e. The van der Waals surface area contributed by atoms with Crippen molar-refractivity contribution >= 4 is 16.4 Å². The summed E-state index contributed by atoms with van der Waals surface area (Å²) >= 11 is 0. The molecule has 0 amide bonds. The fourth-order valence-electron chi connectivity index (χ4n) is 4.07. The van der Waals surface area contributed by atoms with Crippen LogP contribution in [-0.2, 0) is 32.8 Å². The van der Waals surface area contributed by atoms with Crippen molar-refractivity contribution in [1.82, 2.24) is 0 Å². The first-order chi connectivity index (χ1) is 17.7. The molecule has 210 valence electrons. The lowest BCUT2D eigenvalue weighted by Crippen LogP contribution is -2.61. The van der Waals surface area contributed by atoms with E-state index >= 15 is 0 Å². The zero-order chi connectivity index (χ0) is 28.4. The van der Waals surface area contributed by atoms with Gasteiger partial charge in [-0.1, -0.05) is 26.0 Å². The number of hydrogen-bond donors (Lipinski definition) is 7. The normalized spacial score (nSPS) is 25.4. The summed E-state index contributed by atoms with van der Waals surface area (Å²) in [5.74, 6) is -2.83. The topological polar surface area (TPSA) is 221 Å². The number of phenols is 2. The SMILES string of the molecule is CC(Cc1ccc(O)c(O)c1)C(C)Cc1ccc(OC2OC(C(=O)O)C(O)C(O)C2O)c(OS(=O)(=O)O)c1. The van der Waals surface area contributed by atoms with Crippen LogP contribution in [0.15, 0.2) is 36.4 Å². The van der Waals surface area contributed by atoms with Gasteiger partial charge < -0.3 is 44.3 Å². The maximum absolute atomic E-state index is 11.5. The van der Waals surface area contributed by atoms with Crippen LogP contribution in [0.25, 0.3) is 0 Å². The minimum atomic E-state index is -5.02. The molecule has 0 radical (unpaired) electrons. The number of hydrogen-bond acceptors (Lipinski definition) is 11. The van der Waals surface area contributed by atoms with Crippen molar-refractivity contribution in [3.05, 3.63) is 47.5 Å². The fraction of sp³-hybridized carbons (Fsp3) is 0.458. The number of rotatable bonds is 10. The van der Waals surface area contributed by atoms with Gasteiger partial charge in [0.25, 0.3) is 0 Å². The van der Waals surface area contributed by atoms with Gasteiger partial charge in [-0.25, -0.2) is 4.79 Å². The third-order valence-electron chi connectivity index (χ3n) is 6.39. The molecule has 7 N–H and O–H groups in total. The Labute approximate surface area is 218 Å². The van der Waals surface area contributed by atoms with Crippen molar-refractivity contribution in [2.75, 3.05) is 0 Å². The highest BCUT2D eigenvalue weighted by Crippen LogP contribution is 2.35. The van der Waals surface area contributed by atoms with E-state index in [0.717, 1.165) is 5.56 Å².